The van der Waals surface area contributed by atoms with Crippen LogP contribution in [-0.2, 0) is 0 Å². The number of rotatable bonds is 4. The summed E-state index contributed by atoms with van der Waals surface area (Å²) in [5.74, 6) is -0.120. The maximum absolute atomic E-state index is 12.6. The van der Waals surface area contributed by atoms with Crippen molar-refractivity contribution in [1.82, 2.24) is 25.6 Å². The van der Waals surface area contributed by atoms with Crippen molar-refractivity contribution in [2.75, 3.05) is 31.1 Å². The number of aromatic nitrogens is 3. The molecule has 1 atom stereocenters. The minimum Gasteiger partial charge on any atom is -0.369 e. The van der Waals surface area contributed by atoms with Gasteiger partial charge in [0.25, 0.3) is 5.91 Å². The molecule has 7 heteroatoms. The Labute approximate surface area is 153 Å². The van der Waals surface area contributed by atoms with Crippen molar-refractivity contribution in [3.8, 4) is 0 Å². The summed E-state index contributed by atoms with van der Waals surface area (Å²) in [7, 11) is 0. The van der Waals surface area contributed by atoms with E-state index in [0.717, 1.165) is 51.9 Å². The van der Waals surface area contributed by atoms with Crippen molar-refractivity contribution in [2.24, 2.45) is 0 Å². The van der Waals surface area contributed by atoms with Gasteiger partial charge in [0.1, 0.15) is 0 Å². The molecule has 7 nitrogen and oxygen atoms in total. The standard InChI is InChI=1S/C19H26N6O/c26-19(18-14-25(23-22-18)17-8-10-20-11-9-17)21-15-5-4-12-24(13-15)16-6-2-1-3-7-16/h1-3,6-7,14-15,17,20H,4-5,8-13H2,(H,21,26). The lowest BCUT2D eigenvalue weighted by molar-refractivity contribution is 0.0928. The Bertz CT molecular complexity index is 725. The van der Waals surface area contributed by atoms with E-state index in [2.05, 4.69) is 50.1 Å². The Kier molecular flexibility index (Phi) is 5.15. The van der Waals surface area contributed by atoms with Crippen LogP contribution in [0.25, 0.3) is 0 Å². The topological polar surface area (TPSA) is 75.1 Å². The summed E-state index contributed by atoms with van der Waals surface area (Å²) >= 11 is 0. The van der Waals surface area contributed by atoms with E-state index in [4.69, 9.17) is 0 Å². The van der Waals surface area contributed by atoms with Gasteiger partial charge in [0.05, 0.1) is 12.2 Å². The summed E-state index contributed by atoms with van der Waals surface area (Å²) in [5.41, 5.74) is 1.63. The number of benzene rings is 1. The van der Waals surface area contributed by atoms with Crippen LogP contribution in [0, 0.1) is 0 Å². The lowest BCUT2D eigenvalue weighted by Gasteiger charge is -2.34. The number of nitrogens with zero attached hydrogens (tertiary/aromatic N) is 4. The highest BCUT2D eigenvalue weighted by Gasteiger charge is 2.24. The van der Waals surface area contributed by atoms with Gasteiger partial charge in [0.2, 0.25) is 0 Å². The van der Waals surface area contributed by atoms with Gasteiger partial charge in [0, 0.05) is 24.8 Å². The fourth-order valence-electron chi connectivity index (χ4n) is 3.86. The van der Waals surface area contributed by atoms with Gasteiger partial charge in [-0.2, -0.15) is 0 Å². The van der Waals surface area contributed by atoms with Crippen molar-refractivity contribution in [1.29, 1.82) is 0 Å². The van der Waals surface area contributed by atoms with E-state index in [-0.39, 0.29) is 11.9 Å². The van der Waals surface area contributed by atoms with E-state index in [0.29, 0.717) is 11.7 Å². The van der Waals surface area contributed by atoms with Crippen LogP contribution in [0.3, 0.4) is 0 Å². The van der Waals surface area contributed by atoms with Crippen LogP contribution in [-0.4, -0.2) is 53.1 Å². The molecule has 1 amide bonds. The van der Waals surface area contributed by atoms with E-state index >= 15 is 0 Å². The van der Waals surface area contributed by atoms with Gasteiger partial charge < -0.3 is 15.5 Å². The monoisotopic (exact) mass is 354 g/mol. The van der Waals surface area contributed by atoms with Gasteiger partial charge in [-0.1, -0.05) is 23.4 Å². The number of carbonyl (C=O) groups excluding carboxylic acids is 1. The lowest BCUT2D eigenvalue weighted by Crippen LogP contribution is -2.47. The summed E-state index contributed by atoms with van der Waals surface area (Å²) in [6, 6.07) is 10.9. The van der Waals surface area contributed by atoms with Crippen molar-refractivity contribution < 1.29 is 4.79 Å². The smallest absolute Gasteiger partial charge is 0.273 e. The highest BCUT2D eigenvalue weighted by Crippen LogP contribution is 2.20. The Morgan fingerprint density at radius 2 is 1.96 bits per heavy atom. The molecule has 0 spiro atoms. The number of anilines is 1. The first-order chi connectivity index (χ1) is 12.8. The van der Waals surface area contributed by atoms with Crippen LogP contribution in [0.15, 0.2) is 36.5 Å². The van der Waals surface area contributed by atoms with Crippen molar-refractivity contribution in [3.05, 3.63) is 42.2 Å². The molecule has 2 aliphatic heterocycles. The normalized spacial score (nSPS) is 21.5. The largest absolute Gasteiger partial charge is 0.369 e. The minimum absolute atomic E-state index is 0.120. The van der Waals surface area contributed by atoms with Gasteiger partial charge in [0.15, 0.2) is 5.69 Å². The molecule has 0 aliphatic carbocycles. The summed E-state index contributed by atoms with van der Waals surface area (Å²) in [6.07, 6.45) is 5.92. The number of nitrogens with one attached hydrogen (secondary N) is 2. The van der Waals surface area contributed by atoms with Gasteiger partial charge in [-0.3, -0.25) is 4.79 Å². The van der Waals surface area contributed by atoms with Gasteiger partial charge >= 0.3 is 0 Å². The first-order valence-corrected chi connectivity index (χ1v) is 9.53. The summed E-state index contributed by atoms with van der Waals surface area (Å²) in [6.45, 7) is 3.84. The summed E-state index contributed by atoms with van der Waals surface area (Å²) < 4.78 is 1.85. The van der Waals surface area contributed by atoms with Gasteiger partial charge in [-0.15, -0.1) is 5.10 Å². The molecule has 3 heterocycles. The zero-order valence-electron chi connectivity index (χ0n) is 15.0. The highest BCUT2D eigenvalue weighted by atomic mass is 16.2. The number of amides is 1. The van der Waals surface area contributed by atoms with Crippen LogP contribution >= 0.6 is 0 Å². The Balaban J connectivity index is 1.36. The quantitative estimate of drug-likeness (QED) is 0.872. The highest BCUT2D eigenvalue weighted by molar-refractivity contribution is 5.92. The van der Waals surface area contributed by atoms with Crippen LogP contribution in [0.2, 0.25) is 0 Å². The third kappa shape index (κ3) is 3.88. The van der Waals surface area contributed by atoms with E-state index in [9.17, 15) is 4.79 Å². The van der Waals surface area contributed by atoms with E-state index < -0.39 is 0 Å². The molecule has 1 unspecified atom stereocenters. The van der Waals surface area contributed by atoms with E-state index in [1.165, 1.54) is 5.69 Å². The molecule has 4 rings (SSSR count). The molecule has 2 aromatic rings. The molecule has 0 bridgehead atoms. The zero-order chi connectivity index (χ0) is 17.8. The Hall–Kier alpha value is -2.41. The second-order valence-electron chi connectivity index (χ2n) is 7.16. The van der Waals surface area contributed by atoms with E-state index in [1.807, 2.05) is 10.7 Å². The molecule has 0 saturated carbocycles. The number of hydrogen-bond donors (Lipinski definition) is 2. The molecule has 1 aromatic heterocycles. The van der Waals surface area contributed by atoms with Crippen molar-refractivity contribution in [2.45, 2.75) is 37.8 Å². The number of piperidine rings is 2. The first kappa shape index (κ1) is 17.0. The lowest BCUT2D eigenvalue weighted by atomic mass is 10.0. The molecule has 2 N–H and O–H groups in total. The number of hydrogen-bond acceptors (Lipinski definition) is 5. The number of carbonyl (C=O) groups is 1. The molecular formula is C19H26N6O. The molecule has 138 valence electrons. The maximum Gasteiger partial charge on any atom is 0.273 e. The minimum atomic E-state index is -0.120. The third-order valence-corrected chi connectivity index (χ3v) is 5.30. The van der Waals surface area contributed by atoms with Crippen molar-refractivity contribution >= 4 is 11.6 Å². The third-order valence-electron chi connectivity index (χ3n) is 5.30. The number of para-hydroxylation sites is 1. The first-order valence-electron chi connectivity index (χ1n) is 9.53. The summed E-state index contributed by atoms with van der Waals surface area (Å²) in [4.78, 5) is 14.9. The average molecular weight is 354 g/mol. The average Bonchev–Trinajstić information content (AvgIpc) is 3.20. The molecular weight excluding hydrogens is 328 g/mol. The second-order valence-corrected chi connectivity index (χ2v) is 7.16. The predicted molar refractivity (Wildman–Crippen MR) is 100 cm³/mol. The maximum atomic E-state index is 12.6. The van der Waals surface area contributed by atoms with E-state index in [1.54, 1.807) is 6.20 Å². The molecule has 2 saturated heterocycles. The molecule has 26 heavy (non-hydrogen) atoms. The van der Waals surface area contributed by atoms with Gasteiger partial charge in [-0.05, 0) is 50.9 Å². The Morgan fingerprint density at radius 1 is 1.15 bits per heavy atom. The fourth-order valence-corrected chi connectivity index (χ4v) is 3.86. The van der Waals surface area contributed by atoms with Crippen molar-refractivity contribution in [3.63, 3.8) is 0 Å². The Morgan fingerprint density at radius 3 is 2.77 bits per heavy atom. The molecule has 2 fully saturated rings. The van der Waals surface area contributed by atoms with Crippen LogP contribution in [0.1, 0.15) is 42.2 Å². The fraction of sp³-hybridized carbons (Fsp3) is 0.526. The summed E-state index contributed by atoms with van der Waals surface area (Å²) in [5, 5.41) is 14.8. The van der Waals surface area contributed by atoms with Crippen LogP contribution < -0.4 is 15.5 Å². The second kappa shape index (κ2) is 7.86. The van der Waals surface area contributed by atoms with Crippen LogP contribution in [0.4, 0.5) is 5.69 Å². The van der Waals surface area contributed by atoms with Crippen LogP contribution in [0.5, 0.6) is 0 Å². The molecule has 0 radical (unpaired) electrons. The zero-order valence-corrected chi connectivity index (χ0v) is 15.0. The molecule has 1 aromatic carbocycles. The van der Waals surface area contributed by atoms with Gasteiger partial charge in [-0.25, -0.2) is 4.68 Å². The predicted octanol–water partition coefficient (Wildman–Crippen LogP) is 1.60. The SMILES string of the molecule is O=C(NC1CCCN(c2ccccc2)C1)c1cn(C2CCNCC2)nn1. The molecule has 2 aliphatic rings.